The first-order valence-electron chi connectivity index (χ1n) is 4.19. The predicted molar refractivity (Wildman–Crippen MR) is 39.8 cm³/mol. The largest absolute Gasteiger partial charge is 0.508 e. The first-order valence-corrected chi connectivity index (χ1v) is 4.19. The number of hydrogen-bond donors (Lipinski definition) is 0. The number of hydrogen-bond acceptors (Lipinski definition) is 4. The van der Waals surface area contributed by atoms with Gasteiger partial charge in [-0.3, -0.25) is 0 Å². The van der Waals surface area contributed by atoms with Gasteiger partial charge in [0.2, 0.25) is 0 Å². The molecule has 2 rings (SSSR count). The van der Waals surface area contributed by atoms with Crippen molar-refractivity contribution >= 4 is 6.16 Å². The molecule has 4 heteroatoms. The van der Waals surface area contributed by atoms with Crippen LogP contribution in [0.5, 0.6) is 0 Å². The summed E-state index contributed by atoms with van der Waals surface area (Å²) in [5.74, 6) is 0. The molecule has 3 unspecified atom stereocenters. The summed E-state index contributed by atoms with van der Waals surface area (Å²) in [6.45, 7) is 0. The lowest BCUT2D eigenvalue weighted by Gasteiger charge is -2.18. The third-order valence-corrected chi connectivity index (χ3v) is 2.39. The van der Waals surface area contributed by atoms with Gasteiger partial charge in [-0.2, -0.15) is 0 Å². The van der Waals surface area contributed by atoms with Gasteiger partial charge in [-0.15, -0.1) is 0 Å². The fourth-order valence-electron chi connectivity index (χ4n) is 1.66. The van der Waals surface area contributed by atoms with E-state index in [1.54, 1.807) is 0 Å². The highest BCUT2D eigenvalue weighted by atomic mass is 16.7. The molecule has 12 heavy (non-hydrogen) atoms. The molecule has 3 atom stereocenters. The molecule has 2 fully saturated rings. The molecule has 0 N–H and O–H groups in total. The highest BCUT2D eigenvalue weighted by molar-refractivity contribution is 5.59. The van der Waals surface area contributed by atoms with Crippen LogP contribution in [0, 0.1) is 0 Å². The van der Waals surface area contributed by atoms with E-state index in [0.29, 0.717) is 12.2 Å². The molecule has 4 nitrogen and oxygen atoms in total. The Hall–Kier alpha value is -0.770. The van der Waals surface area contributed by atoms with Crippen molar-refractivity contribution in [1.29, 1.82) is 0 Å². The zero-order valence-corrected chi connectivity index (χ0v) is 6.99. The molecule has 0 aromatic heterocycles. The minimum absolute atomic E-state index is 0.00111. The molecule has 0 amide bonds. The number of fused-ring (bicyclic) bond motifs is 1. The smallest absolute Gasteiger partial charge is 0.438 e. The van der Waals surface area contributed by atoms with Crippen molar-refractivity contribution in [3.8, 4) is 0 Å². The SMILES string of the molecule is COC(=O)OC1CCC2OC2C1. The monoisotopic (exact) mass is 172 g/mol. The van der Waals surface area contributed by atoms with Crippen molar-refractivity contribution in [1.82, 2.24) is 0 Å². The summed E-state index contributed by atoms with van der Waals surface area (Å²) >= 11 is 0. The maximum Gasteiger partial charge on any atom is 0.508 e. The van der Waals surface area contributed by atoms with Crippen LogP contribution in [0.1, 0.15) is 19.3 Å². The van der Waals surface area contributed by atoms with E-state index in [9.17, 15) is 4.79 Å². The molecule has 0 bridgehead atoms. The van der Waals surface area contributed by atoms with Crippen molar-refractivity contribution in [2.75, 3.05) is 7.11 Å². The molecule has 0 spiro atoms. The van der Waals surface area contributed by atoms with Gasteiger partial charge in [0.15, 0.2) is 0 Å². The summed E-state index contributed by atoms with van der Waals surface area (Å²) in [4.78, 5) is 10.7. The molecule has 1 aliphatic carbocycles. The van der Waals surface area contributed by atoms with Crippen molar-refractivity contribution in [3.05, 3.63) is 0 Å². The Morgan fingerprint density at radius 1 is 1.42 bits per heavy atom. The van der Waals surface area contributed by atoms with Crippen LogP contribution in [0.2, 0.25) is 0 Å². The number of carbonyl (C=O) groups excluding carboxylic acids is 1. The van der Waals surface area contributed by atoms with Gasteiger partial charge in [0, 0.05) is 6.42 Å². The number of rotatable bonds is 1. The van der Waals surface area contributed by atoms with Crippen LogP contribution in [0.25, 0.3) is 0 Å². The number of carbonyl (C=O) groups is 1. The van der Waals surface area contributed by atoms with Crippen LogP contribution < -0.4 is 0 Å². The van der Waals surface area contributed by atoms with Gasteiger partial charge >= 0.3 is 6.16 Å². The molecule has 2 aliphatic rings. The molecule has 1 saturated carbocycles. The lowest BCUT2D eigenvalue weighted by atomic mass is 9.98. The first kappa shape index (κ1) is 7.86. The molecule has 0 aromatic rings. The first-order chi connectivity index (χ1) is 5.79. The van der Waals surface area contributed by atoms with E-state index >= 15 is 0 Å². The van der Waals surface area contributed by atoms with E-state index in [4.69, 9.17) is 9.47 Å². The zero-order chi connectivity index (χ0) is 8.55. The van der Waals surface area contributed by atoms with Gasteiger partial charge in [-0.1, -0.05) is 0 Å². The second-order valence-electron chi connectivity index (χ2n) is 3.22. The zero-order valence-electron chi connectivity index (χ0n) is 6.99. The van der Waals surface area contributed by atoms with E-state index in [1.807, 2.05) is 0 Å². The van der Waals surface area contributed by atoms with Gasteiger partial charge in [-0.25, -0.2) is 4.79 Å². The molecular formula is C8H12O4. The topological polar surface area (TPSA) is 48.1 Å². The Morgan fingerprint density at radius 2 is 2.25 bits per heavy atom. The molecule has 1 heterocycles. The van der Waals surface area contributed by atoms with Gasteiger partial charge in [0.1, 0.15) is 6.10 Å². The standard InChI is InChI=1S/C8H12O4/c1-10-8(9)11-5-2-3-6-7(4-5)12-6/h5-7H,2-4H2,1H3. The van der Waals surface area contributed by atoms with Crippen LogP contribution >= 0.6 is 0 Å². The number of methoxy groups -OCH3 is 1. The van der Waals surface area contributed by atoms with Crippen molar-refractivity contribution in [3.63, 3.8) is 0 Å². The van der Waals surface area contributed by atoms with Crippen molar-refractivity contribution in [2.45, 2.75) is 37.6 Å². The second-order valence-corrected chi connectivity index (χ2v) is 3.22. The fourth-order valence-corrected chi connectivity index (χ4v) is 1.66. The minimum Gasteiger partial charge on any atom is -0.438 e. The number of ether oxygens (including phenoxy) is 3. The normalized spacial score (nSPS) is 38.2. The van der Waals surface area contributed by atoms with E-state index < -0.39 is 6.16 Å². The summed E-state index contributed by atoms with van der Waals surface area (Å²) in [6, 6.07) is 0. The van der Waals surface area contributed by atoms with Crippen LogP contribution in [0.3, 0.4) is 0 Å². The van der Waals surface area contributed by atoms with Gasteiger partial charge < -0.3 is 14.2 Å². The Kier molecular flexibility index (Phi) is 1.92. The summed E-state index contributed by atoms with van der Waals surface area (Å²) in [5.41, 5.74) is 0. The van der Waals surface area contributed by atoms with Crippen LogP contribution in [-0.4, -0.2) is 31.6 Å². The maximum absolute atomic E-state index is 10.7. The summed E-state index contributed by atoms with van der Waals surface area (Å²) in [6.07, 6.45) is 2.94. The van der Waals surface area contributed by atoms with Gasteiger partial charge in [0.25, 0.3) is 0 Å². The third-order valence-electron chi connectivity index (χ3n) is 2.39. The highest BCUT2D eigenvalue weighted by Crippen LogP contribution is 2.37. The Morgan fingerprint density at radius 3 is 2.92 bits per heavy atom. The number of epoxide rings is 1. The van der Waals surface area contributed by atoms with Crippen LogP contribution in [0.4, 0.5) is 4.79 Å². The van der Waals surface area contributed by atoms with Gasteiger partial charge in [-0.05, 0) is 12.8 Å². The summed E-state index contributed by atoms with van der Waals surface area (Å²) in [5, 5.41) is 0. The predicted octanol–water partition coefficient (Wildman–Crippen LogP) is 1.09. The fraction of sp³-hybridized carbons (Fsp3) is 0.875. The average Bonchev–Trinajstić information content (AvgIpc) is 2.82. The maximum atomic E-state index is 10.7. The molecular weight excluding hydrogens is 160 g/mol. The molecule has 1 saturated heterocycles. The quantitative estimate of drug-likeness (QED) is 0.438. The van der Waals surface area contributed by atoms with Crippen LogP contribution in [0.15, 0.2) is 0 Å². The Balaban J connectivity index is 1.77. The van der Waals surface area contributed by atoms with Gasteiger partial charge in [0.05, 0.1) is 19.3 Å². The minimum atomic E-state index is -0.584. The average molecular weight is 172 g/mol. The van der Waals surface area contributed by atoms with Crippen LogP contribution in [-0.2, 0) is 14.2 Å². The van der Waals surface area contributed by atoms with E-state index in [0.717, 1.165) is 19.3 Å². The highest BCUT2D eigenvalue weighted by Gasteiger charge is 2.45. The molecule has 1 aliphatic heterocycles. The van der Waals surface area contributed by atoms with E-state index in [-0.39, 0.29) is 6.10 Å². The Labute approximate surface area is 70.8 Å². The summed E-state index contributed by atoms with van der Waals surface area (Å²) < 4.78 is 14.7. The third kappa shape index (κ3) is 1.53. The molecule has 0 aromatic carbocycles. The lowest BCUT2D eigenvalue weighted by Crippen LogP contribution is -2.24. The van der Waals surface area contributed by atoms with Crippen molar-refractivity contribution < 1.29 is 19.0 Å². The lowest BCUT2D eigenvalue weighted by molar-refractivity contribution is 0.0259. The van der Waals surface area contributed by atoms with Crippen molar-refractivity contribution in [2.24, 2.45) is 0 Å². The Bertz CT molecular complexity index is 191. The van der Waals surface area contributed by atoms with E-state index in [2.05, 4.69) is 4.74 Å². The molecule has 68 valence electrons. The van der Waals surface area contributed by atoms with E-state index in [1.165, 1.54) is 7.11 Å². The summed E-state index contributed by atoms with van der Waals surface area (Å²) in [7, 11) is 1.32. The molecule has 0 radical (unpaired) electrons. The second kappa shape index (κ2) is 2.94.